The third-order valence-corrected chi connectivity index (χ3v) is 1.58. The Morgan fingerprint density at radius 1 is 1.42 bits per heavy atom. The predicted octanol–water partition coefficient (Wildman–Crippen LogP) is 1.86. The van der Waals surface area contributed by atoms with Crippen molar-refractivity contribution >= 4 is 5.82 Å². The van der Waals surface area contributed by atoms with Gasteiger partial charge in [-0.05, 0) is 12.5 Å². The number of aryl methyl sites for hydroxylation is 1. The van der Waals surface area contributed by atoms with E-state index in [2.05, 4.69) is 29.1 Å². The van der Waals surface area contributed by atoms with Gasteiger partial charge in [0.25, 0.3) is 0 Å². The topological polar surface area (TPSA) is 37.8 Å². The zero-order valence-corrected chi connectivity index (χ0v) is 7.67. The van der Waals surface area contributed by atoms with Gasteiger partial charge < -0.3 is 5.32 Å². The average Bonchev–Trinajstić information content (AvgIpc) is 2.15. The molecule has 1 aromatic heterocycles. The van der Waals surface area contributed by atoms with Gasteiger partial charge in [-0.2, -0.15) is 0 Å². The molecule has 0 aliphatic heterocycles. The van der Waals surface area contributed by atoms with Gasteiger partial charge in [0.1, 0.15) is 11.6 Å². The van der Waals surface area contributed by atoms with Crippen molar-refractivity contribution in [3.05, 3.63) is 18.1 Å². The molecule has 0 fully saturated rings. The standard InChI is InChI=1S/C9H15N3/c1-3-6-10-9-5-7-11-8(4-2)12-9/h5,7H,3-4,6H2,1-2H3,(H,10,11,12). The highest BCUT2D eigenvalue weighted by atomic mass is 15.0. The Kier molecular flexibility index (Phi) is 3.51. The van der Waals surface area contributed by atoms with Crippen LogP contribution in [0.25, 0.3) is 0 Å². The van der Waals surface area contributed by atoms with Crippen LogP contribution in [0.2, 0.25) is 0 Å². The van der Waals surface area contributed by atoms with Gasteiger partial charge in [-0.15, -0.1) is 0 Å². The largest absolute Gasteiger partial charge is 0.370 e. The summed E-state index contributed by atoms with van der Waals surface area (Å²) in [4.78, 5) is 8.42. The summed E-state index contributed by atoms with van der Waals surface area (Å²) in [6.45, 7) is 5.16. The van der Waals surface area contributed by atoms with E-state index in [1.165, 1.54) is 0 Å². The van der Waals surface area contributed by atoms with Crippen LogP contribution >= 0.6 is 0 Å². The minimum absolute atomic E-state index is 0.891. The number of nitrogens with one attached hydrogen (secondary N) is 1. The van der Waals surface area contributed by atoms with Gasteiger partial charge in [0.15, 0.2) is 0 Å². The first-order valence-electron chi connectivity index (χ1n) is 4.42. The predicted molar refractivity (Wildman–Crippen MR) is 50.2 cm³/mol. The molecular formula is C9H15N3. The molecule has 1 N–H and O–H groups in total. The van der Waals surface area contributed by atoms with Crippen LogP contribution in [0.4, 0.5) is 5.82 Å². The fourth-order valence-electron chi connectivity index (χ4n) is 0.921. The van der Waals surface area contributed by atoms with Crippen molar-refractivity contribution in [3.8, 4) is 0 Å². The summed E-state index contributed by atoms with van der Waals surface area (Å²) in [5.74, 6) is 1.83. The van der Waals surface area contributed by atoms with E-state index in [0.717, 1.165) is 31.0 Å². The maximum atomic E-state index is 4.31. The molecule has 3 heteroatoms. The van der Waals surface area contributed by atoms with E-state index < -0.39 is 0 Å². The second-order valence-corrected chi connectivity index (χ2v) is 2.64. The van der Waals surface area contributed by atoms with E-state index in [4.69, 9.17) is 0 Å². The van der Waals surface area contributed by atoms with Crippen LogP contribution in [0.15, 0.2) is 12.3 Å². The number of anilines is 1. The van der Waals surface area contributed by atoms with Gasteiger partial charge in [0, 0.05) is 19.2 Å². The highest BCUT2D eigenvalue weighted by molar-refractivity contribution is 5.32. The summed E-state index contributed by atoms with van der Waals surface area (Å²) < 4.78 is 0. The zero-order valence-electron chi connectivity index (χ0n) is 7.67. The van der Waals surface area contributed by atoms with Gasteiger partial charge in [-0.3, -0.25) is 0 Å². The SMILES string of the molecule is CCCNc1ccnc(CC)n1. The Morgan fingerprint density at radius 3 is 2.92 bits per heavy atom. The minimum Gasteiger partial charge on any atom is -0.370 e. The van der Waals surface area contributed by atoms with E-state index in [-0.39, 0.29) is 0 Å². The molecule has 0 aliphatic rings. The first-order chi connectivity index (χ1) is 5.86. The van der Waals surface area contributed by atoms with Crippen molar-refractivity contribution in [3.63, 3.8) is 0 Å². The molecule has 0 atom stereocenters. The van der Waals surface area contributed by atoms with Gasteiger partial charge >= 0.3 is 0 Å². The molecule has 0 amide bonds. The lowest BCUT2D eigenvalue weighted by Gasteiger charge is -2.03. The molecule has 0 spiro atoms. The quantitative estimate of drug-likeness (QED) is 0.740. The van der Waals surface area contributed by atoms with Crippen LogP contribution in [0, 0.1) is 0 Å². The van der Waals surface area contributed by atoms with Crippen LogP contribution in [-0.4, -0.2) is 16.5 Å². The fraction of sp³-hybridized carbons (Fsp3) is 0.556. The summed E-state index contributed by atoms with van der Waals surface area (Å²) in [6, 6.07) is 1.90. The van der Waals surface area contributed by atoms with E-state index >= 15 is 0 Å². The van der Waals surface area contributed by atoms with Crippen LogP contribution in [0.1, 0.15) is 26.1 Å². The average molecular weight is 165 g/mol. The number of nitrogens with zero attached hydrogens (tertiary/aromatic N) is 2. The summed E-state index contributed by atoms with van der Waals surface area (Å²) >= 11 is 0. The molecule has 0 aromatic carbocycles. The van der Waals surface area contributed by atoms with Gasteiger partial charge in [0.05, 0.1) is 0 Å². The summed E-state index contributed by atoms with van der Waals surface area (Å²) in [5.41, 5.74) is 0. The Labute approximate surface area is 73.2 Å². The molecule has 0 aliphatic carbocycles. The molecule has 0 saturated heterocycles. The van der Waals surface area contributed by atoms with E-state index in [0.29, 0.717) is 0 Å². The lowest BCUT2D eigenvalue weighted by Crippen LogP contribution is -2.03. The second kappa shape index (κ2) is 4.70. The monoisotopic (exact) mass is 165 g/mol. The lowest BCUT2D eigenvalue weighted by molar-refractivity contribution is 0.917. The van der Waals surface area contributed by atoms with Gasteiger partial charge in [0.2, 0.25) is 0 Å². The molecule has 66 valence electrons. The Bertz CT molecular complexity index is 235. The first-order valence-corrected chi connectivity index (χ1v) is 4.42. The second-order valence-electron chi connectivity index (χ2n) is 2.64. The van der Waals surface area contributed by atoms with E-state index in [1.54, 1.807) is 6.20 Å². The molecule has 1 rings (SSSR count). The lowest BCUT2D eigenvalue weighted by atomic mass is 10.4. The maximum Gasteiger partial charge on any atom is 0.130 e. The Balaban J connectivity index is 2.60. The van der Waals surface area contributed by atoms with Crippen molar-refractivity contribution in [2.24, 2.45) is 0 Å². The molecule has 0 bridgehead atoms. The highest BCUT2D eigenvalue weighted by Crippen LogP contribution is 2.01. The van der Waals surface area contributed by atoms with Crippen LogP contribution in [0.5, 0.6) is 0 Å². The number of aromatic nitrogens is 2. The Hall–Kier alpha value is -1.12. The van der Waals surface area contributed by atoms with Gasteiger partial charge in [-0.1, -0.05) is 13.8 Å². The molecule has 0 saturated carbocycles. The van der Waals surface area contributed by atoms with Crippen molar-refractivity contribution in [2.45, 2.75) is 26.7 Å². The summed E-state index contributed by atoms with van der Waals surface area (Å²) in [6.07, 6.45) is 3.80. The molecule has 0 radical (unpaired) electrons. The molecule has 12 heavy (non-hydrogen) atoms. The molecule has 0 unspecified atom stereocenters. The molecule has 3 nitrogen and oxygen atoms in total. The normalized spacial score (nSPS) is 9.83. The van der Waals surface area contributed by atoms with Gasteiger partial charge in [-0.25, -0.2) is 9.97 Å². The number of rotatable bonds is 4. The smallest absolute Gasteiger partial charge is 0.130 e. The molecule has 1 heterocycles. The Morgan fingerprint density at radius 2 is 2.25 bits per heavy atom. The van der Waals surface area contributed by atoms with Crippen LogP contribution in [-0.2, 0) is 6.42 Å². The fourth-order valence-corrected chi connectivity index (χ4v) is 0.921. The highest BCUT2D eigenvalue weighted by Gasteiger charge is 1.94. The van der Waals surface area contributed by atoms with E-state index in [9.17, 15) is 0 Å². The van der Waals surface area contributed by atoms with Crippen LogP contribution < -0.4 is 5.32 Å². The minimum atomic E-state index is 0.891. The summed E-state index contributed by atoms with van der Waals surface area (Å²) in [7, 11) is 0. The molecule has 1 aromatic rings. The van der Waals surface area contributed by atoms with Crippen molar-refractivity contribution in [2.75, 3.05) is 11.9 Å². The number of hydrogen-bond donors (Lipinski definition) is 1. The maximum absolute atomic E-state index is 4.31. The van der Waals surface area contributed by atoms with Crippen molar-refractivity contribution < 1.29 is 0 Å². The van der Waals surface area contributed by atoms with E-state index in [1.807, 2.05) is 6.07 Å². The zero-order chi connectivity index (χ0) is 8.81. The van der Waals surface area contributed by atoms with Crippen molar-refractivity contribution in [1.29, 1.82) is 0 Å². The van der Waals surface area contributed by atoms with Crippen molar-refractivity contribution in [1.82, 2.24) is 9.97 Å². The number of hydrogen-bond acceptors (Lipinski definition) is 3. The first kappa shape index (κ1) is 8.97. The summed E-state index contributed by atoms with van der Waals surface area (Å²) in [5, 5.41) is 3.22. The van der Waals surface area contributed by atoms with Crippen LogP contribution in [0.3, 0.4) is 0 Å². The third-order valence-electron chi connectivity index (χ3n) is 1.58. The third kappa shape index (κ3) is 2.49. The molecular weight excluding hydrogens is 150 g/mol.